The van der Waals surface area contributed by atoms with Gasteiger partial charge in [-0.1, -0.05) is 18.2 Å². The molecule has 108 valence electrons. The second kappa shape index (κ2) is 6.41. The van der Waals surface area contributed by atoms with Crippen LogP contribution in [0.15, 0.2) is 46.9 Å². The first-order valence-corrected chi connectivity index (χ1v) is 6.81. The number of carboxylic acid groups (broad SMARTS) is 1. The first-order chi connectivity index (χ1) is 9.99. The van der Waals surface area contributed by atoms with Crippen molar-refractivity contribution in [1.29, 1.82) is 0 Å². The third-order valence-electron chi connectivity index (χ3n) is 2.84. The average Bonchev–Trinajstić information content (AvgIpc) is 2.46. The Balaban J connectivity index is 2.22. The van der Waals surface area contributed by atoms with Crippen LogP contribution >= 0.6 is 15.9 Å². The Hall–Kier alpha value is -2.34. The fourth-order valence-electron chi connectivity index (χ4n) is 1.79. The van der Waals surface area contributed by atoms with E-state index in [9.17, 15) is 9.59 Å². The standard InChI is InChI=1S/C15H12BrNO4/c16-12-6-5-9(15(19)20)7-13(12)21-8-10-3-1-2-4-11(10)14(17)18/h1-7H,8H2,(H2,17,18)(H,19,20). The van der Waals surface area contributed by atoms with E-state index in [1.807, 2.05) is 0 Å². The van der Waals surface area contributed by atoms with Crippen LogP contribution < -0.4 is 10.5 Å². The van der Waals surface area contributed by atoms with Crippen molar-refractivity contribution in [3.63, 3.8) is 0 Å². The lowest BCUT2D eigenvalue weighted by atomic mass is 10.1. The van der Waals surface area contributed by atoms with Gasteiger partial charge in [-0.05, 0) is 40.2 Å². The van der Waals surface area contributed by atoms with Gasteiger partial charge in [0.15, 0.2) is 0 Å². The second-order valence-corrected chi connectivity index (χ2v) is 5.11. The summed E-state index contributed by atoms with van der Waals surface area (Å²) >= 11 is 3.29. The van der Waals surface area contributed by atoms with Gasteiger partial charge in [0.25, 0.3) is 0 Å². The number of carbonyl (C=O) groups excluding carboxylic acids is 1. The lowest BCUT2D eigenvalue weighted by Crippen LogP contribution is -2.14. The minimum absolute atomic E-state index is 0.112. The molecule has 1 amide bonds. The maximum absolute atomic E-state index is 11.3. The smallest absolute Gasteiger partial charge is 0.335 e. The van der Waals surface area contributed by atoms with E-state index in [0.29, 0.717) is 21.3 Å². The van der Waals surface area contributed by atoms with Crippen LogP contribution in [-0.2, 0) is 6.61 Å². The molecule has 0 aromatic heterocycles. The molecule has 0 radical (unpaired) electrons. The zero-order valence-electron chi connectivity index (χ0n) is 10.9. The first-order valence-electron chi connectivity index (χ1n) is 6.02. The van der Waals surface area contributed by atoms with Crippen molar-refractivity contribution in [2.24, 2.45) is 5.73 Å². The molecule has 0 aliphatic heterocycles. The molecule has 6 heteroatoms. The molecule has 0 aliphatic carbocycles. The molecule has 21 heavy (non-hydrogen) atoms. The predicted octanol–water partition coefficient (Wildman–Crippen LogP) is 2.83. The molecular formula is C15H12BrNO4. The van der Waals surface area contributed by atoms with Crippen molar-refractivity contribution in [2.45, 2.75) is 6.61 Å². The molecule has 2 rings (SSSR count). The van der Waals surface area contributed by atoms with Gasteiger partial charge in [-0.2, -0.15) is 0 Å². The number of carbonyl (C=O) groups is 2. The predicted molar refractivity (Wildman–Crippen MR) is 80.4 cm³/mol. The highest BCUT2D eigenvalue weighted by atomic mass is 79.9. The molecule has 0 saturated heterocycles. The highest BCUT2D eigenvalue weighted by Crippen LogP contribution is 2.27. The number of primary amides is 1. The Morgan fingerprint density at radius 2 is 1.90 bits per heavy atom. The summed E-state index contributed by atoms with van der Waals surface area (Å²) in [6.07, 6.45) is 0. The monoisotopic (exact) mass is 349 g/mol. The fraction of sp³-hybridized carbons (Fsp3) is 0.0667. The zero-order chi connectivity index (χ0) is 15.4. The number of amides is 1. The summed E-state index contributed by atoms with van der Waals surface area (Å²) in [5, 5.41) is 8.97. The number of aromatic carboxylic acids is 1. The number of benzene rings is 2. The third kappa shape index (κ3) is 3.61. The largest absolute Gasteiger partial charge is 0.488 e. The van der Waals surface area contributed by atoms with Crippen molar-refractivity contribution >= 4 is 27.8 Å². The van der Waals surface area contributed by atoms with Gasteiger partial charge in [0.05, 0.1) is 10.0 Å². The third-order valence-corrected chi connectivity index (χ3v) is 3.50. The van der Waals surface area contributed by atoms with E-state index in [1.54, 1.807) is 30.3 Å². The summed E-state index contributed by atoms with van der Waals surface area (Å²) in [4.78, 5) is 22.3. The fourth-order valence-corrected chi connectivity index (χ4v) is 2.15. The lowest BCUT2D eigenvalue weighted by Gasteiger charge is -2.11. The highest BCUT2D eigenvalue weighted by molar-refractivity contribution is 9.10. The van der Waals surface area contributed by atoms with Gasteiger partial charge in [-0.3, -0.25) is 4.79 Å². The zero-order valence-corrected chi connectivity index (χ0v) is 12.5. The van der Waals surface area contributed by atoms with Crippen molar-refractivity contribution < 1.29 is 19.4 Å². The number of carboxylic acids is 1. The van der Waals surface area contributed by atoms with Gasteiger partial charge in [-0.25, -0.2) is 4.79 Å². The molecule has 0 saturated carbocycles. The topological polar surface area (TPSA) is 89.6 Å². The molecular weight excluding hydrogens is 338 g/mol. The van der Waals surface area contributed by atoms with Crippen molar-refractivity contribution in [1.82, 2.24) is 0 Å². The number of halogens is 1. The molecule has 2 aromatic carbocycles. The molecule has 0 spiro atoms. The van der Waals surface area contributed by atoms with E-state index < -0.39 is 11.9 Å². The van der Waals surface area contributed by atoms with E-state index in [-0.39, 0.29) is 12.2 Å². The minimum atomic E-state index is -1.04. The SMILES string of the molecule is NC(=O)c1ccccc1COc1cc(C(=O)O)ccc1Br. The summed E-state index contributed by atoms with van der Waals surface area (Å²) < 4.78 is 6.22. The number of nitrogens with two attached hydrogens (primary N) is 1. The van der Waals surface area contributed by atoms with Gasteiger partial charge in [0.2, 0.25) is 5.91 Å². The lowest BCUT2D eigenvalue weighted by molar-refractivity contribution is 0.0696. The van der Waals surface area contributed by atoms with Crippen LogP contribution in [0.1, 0.15) is 26.3 Å². The van der Waals surface area contributed by atoms with Crippen LogP contribution in [0.5, 0.6) is 5.75 Å². The number of ether oxygens (including phenoxy) is 1. The Morgan fingerprint density at radius 3 is 2.57 bits per heavy atom. The molecule has 0 fully saturated rings. The highest BCUT2D eigenvalue weighted by Gasteiger charge is 2.11. The number of rotatable bonds is 5. The van der Waals surface area contributed by atoms with Gasteiger partial charge >= 0.3 is 5.97 Å². The van der Waals surface area contributed by atoms with Gasteiger partial charge in [-0.15, -0.1) is 0 Å². The minimum Gasteiger partial charge on any atom is -0.488 e. The summed E-state index contributed by atoms with van der Waals surface area (Å²) in [5.74, 6) is -1.19. The van der Waals surface area contributed by atoms with Crippen molar-refractivity contribution in [2.75, 3.05) is 0 Å². The molecule has 5 nitrogen and oxygen atoms in total. The maximum Gasteiger partial charge on any atom is 0.335 e. The van der Waals surface area contributed by atoms with E-state index in [0.717, 1.165) is 0 Å². The Morgan fingerprint density at radius 1 is 1.19 bits per heavy atom. The van der Waals surface area contributed by atoms with Crippen LogP contribution in [-0.4, -0.2) is 17.0 Å². The van der Waals surface area contributed by atoms with Gasteiger partial charge in [0, 0.05) is 11.1 Å². The number of hydrogen-bond acceptors (Lipinski definition) is 3. The quantitative estimate of drug-likeness (QED) is 0.868. The average molecular weight is 350 g/mol. The molecule has 3 N–H and O–H groups in total. The summed E-state index contributed by atoms with van der Waals surface area (Å²) in [7, 11) is 0. The molecule has 0 bridgehead atoms. The molecule has 0 aliphatic rings. The van der Waals surface area contributed by atoms with Gasteiger partial charge < -0.3 is 15.6 Å². The Labute approximate surface area is 129 Å². The summed E-state index contributed by atoms with van der Waals surface area (Å²) in [5.41, 5.74) is 6.43. The normalized spacial score (nSPS) is 10.1. The van der Waals surface area contributed by atoms with Crippen LogP contribution in [0.4, 0.5) is 0 Å². The molecule has 0 unspecified atom stereocenters. The number of hydrogen-bond donors (Lipinski definition) is 2. The summed E-state index contributed by atoms with van der Waals surface area (Å²) in [6.45, 7) is 0.112. The van der Waals surface area contributed by atoms with Crippen LogP contribution in [0.25, 0.3) is 0 Å². The van der Waals surface area contributed by atoms with E-state index in [1.165, 1.54) is 12.1 Å². The second-order valence-electron chi connectivity index (χ2n) is 4.26. The van der Waals surface area contributed by atoms with E-state index >= 15 is 0 Å². The Bertz CT molecular complexity index is 700. The van der Waals surface area contributed by atoms with Crippen molar-refractivity contribution in [3.8, 4) is 5.75 Å². The molecule has 0 atom stereocenters. The Kier molecular flexibility index (Phi) is 4.59. The van der Waals surface area contributed by atoms with Crippen LogP contribution in [0.2, 0.25) is 0 Å². The van der Waals surface area contributed by atoms with Crippen LogP contribution in [0.3, 0.4) is 0 Å². The first kappa shape index (κ1) is 15.1. The van der Waals surface area contributed by atoms with Crippen molar-refractivity contribution in [3.05, 3.63) is 63.6 Å². The van der Waals surface area contributed by atoms with E-state index in [2.05, 4.69) is 15.9 Å². The molecule has 0 heterocycles. The maximum atomic E-state index is 11.3. The summed E-state index contributed by atoms with van der Waals surface area (Å²) in [6, 6.07) is 11.3. The van der Waals surface area contributed by atoms with E-state index in [4.69, 9.17) is 15.6 Å². The van der Waals surface area contributed by atoms with Gasteiger partial charge in [0.1, 0.15) is 12.4 Å². The molecule has 2 aromatic rings. The van der Waals surface area contributed by atoms with Crippen LogP contribution in [0, 0.1) is 0 Å².